The van der Waals surface area contributed by atoms with Crippen LogP contribution >= 0.6 is 0 Å². The van der Waals surface area contributed by atoms with Gasteiger partial charge in [0.2, 0.25) is 5.91 Å². The number of carbonyl (C=O) groups excluding carboxylic acids is 2. The molecule has 0 saturated heterocycles. The van der Waals surface area contributed by atoms with E-state index in [2.05, 4.69) is 28.8 Å². The molecule has 148 valence electrons. The number of fused-ring (bicyclic) bond motifs is 1. The van der Waals surface area contributed by atoms with Crippen molar-refractivity contribution in [3.8, 4) is 0 Å². The van der Waals surface area contributed by atoms with Gasteiger partial charge in [0.05, 0.1) is 6.42 Å². The Balaban J connectivity index is 1.52. The maximum atomic E-state index is 12.4. The first-order valence-corrected chi connectivity index (χ1v) is 9.95. The maximum Gasteiger partial charge on any atom is 0.251 e. The van der Waals surface area contributed by atoms with Gasteiger partial charge in [0.15, 0.2) is 0 Å². The van der Waals surface area contributed by atoms with Crippen LogP contribution in [-0.4, -0.2) is 43.9 Å². The number of amides is 2. The van der Waals surface area contributed by atoms with E-state index in [1.54, 1.807) is 24.3 Å². The zero-order valence-corrected chi connectivity index (χ0v) is 16.8. The third kappa shape index (κ3) is 5.67. The van der Waals surface area contributed by atoms with Gasteiger partial charge >= 0.3 is 0 Å². The highest BCUT2D eigenvalue weighted by atomic mass is 16.2. The molecule has 2 N–H and O–H groups in total. The zero-order chi connectivity index (χ0) is 19.9. The molecule has 3 rings (SSSR count). The number of aryl methyl sites for hydroxylation is 2. The van der Waals surface area contributed by atoms with Crippen molar-refractivity contribution in [2.24, 2.45) is 0 Å². The molecule has 0 fully saturated rings. The molecule has 0 heterocycles. The Bertz CT molecular complexity index is 828. The highest BCUT2D eigenvalue weighted by Gasteiger charge is 2.12. The van der Waals surface area contributed by atoms with Gasteiger partial charge in [0, 0.05) is 24.3 Å². The number of nitrogens with zero attached hydrogens (tertiary/aromatic N) is 1. The summed E-state index contributed by atoms with van der Waals surface area (Å²) >= 11 is 0. The van der Waals surface area contributed by atoms with Crippen molar-refractivity contribution in [2.45, 2.75) is 32.1 Å². The lowest BCUT2D eigenvalue weighted by Crippen LogP contribution is -2.31. The minimum Gasteiger partial charge on any atom is -0.351 e. The average molecular weight is 380 g/mol. The summed E-state index contributed by atoms with van der Waals surface area (Å²) in [6.45, 7) is 1.40. The van der Waals surface area contributed by atoms with Gasteiger partial charge in [0.25, 0.3) is 5.91 Å². The fourth-order valence-corrected chi connectivity index (χ4v) is 3.49. The average Bonchev–Trinajstić information content (AvgIpc) is 2.68. The number of rotatable bonds is 7. The topological polar surface area (TPSA) is 61.4 Å². The van der Waals surface area contributed by atoms with Crippen molar-refractivity contribution >= 4 is 17.5 Å². The molecule has 0 spiro atoms. The highest BCUT2D eigenvalue weighted by molar-refractivity contribution is 5.96. The van der Waals surface area contributed by atoms with Crippen LogP contribution in [-0.2, 0) is 24.1 Å². The second kappa shape index (κ2) is 9.51. The van der Waals surface area contributed by atoms with Crippen molar-refractivity contribution in [2.75, 3.05) is 32.5 Å². The van der Waals surface area contributed by atoms with E-state index in [-0.39, 0.29) is 11.8 Å². The van der Waals surface area contributed by atoms with Crippen molar-refractivity contribution in [3.63, 3.8) is 0 Å². The minimum atomic E-state index is -0.103. The monoisotopic (exact) mass is 379 g/mol. The van der Waals surface area contributed by atoms with Gasteiger partial charge in [-0.3, -0.25) is 9.59 Å². The maximum absolute atomic E-state index is 12.4. The van der Waals surface area contributed by atoms with Gasteiger partial charge in [-0.25, -0.2) is 0 Å². The molecule has 5 heteroatoms. The third-order valence-electron chi connectivity index (χ3n) is 5.05. The summed E-state index contributed by atoms with van der Waals surface area (Å²) < 4.78 is 0. The van der Waals surface area contributed by atoms with E-state index < -0.39 is 0 Å². The first-order chi connectivity index (χ1) is 13.5. The number of hydrogen-bond donors (Lipinski definition) is 2. The van der Waals surface area contributed by atoms with Crippen LogP contribution in [0.25, 0.3) is 0 Å². The number of likely N-dealkylation sites (N-methyl/N-ethyl adjacent to an activating group) is 1. The first-order valence-electron chi connectivity index (χ1n) is 9.95. The van der Waals surface area contributed by atoms with E-state index >= 15 is 0 Å². The summed E-state index contributed by atoms with van der Waals surface area (Å²) in [5.74, 6) is -0.146. The van der Waals surface area contributed by atoms with E-state index in [1.165, 1.54) is 24.0 Å². The van der Waals surface area contributed by atoms with Crippen LogP contribution in [0.2, 0.25) is 0 Å². The SMILES string of the molecule is CN(C)CCNC(=O)c1ccc(NC(=O)Cc2ccc3c(c2)CCCC3)cc1. The summed E-state index contributed by atoms with van der Waals surface area (Å²) in [4.78, 5) is 26.5. The number of benzene rings is 2. The molecule has 28 heavy (non-hydrogen) atoms. The number of carbonyl (C=O) groups is 2. The Labute approximate surface area is 167 Å². The molecule has 0 radical (unpaired) electrons. The predicted octanol–water partition coefficient (Wildman–Crippen LogP) is 3.04. The second-order valence-corrected chi connectivity index (χ2v) is 7.67. The van der Waals surface area contributed by atoms with Crippen LogP contribution < -0.4 is 10.6 Å². The molecule has 0 bridgehead atoms. The van der Waals surface area contributed by atoms with E-state index in [9.17, 15) is 9.59 Å². The van der Waals surface area contributed by atoms with Gasteiger partial charge in [-0.05, 0) is 80.7 Å². The molecule has 5 nitrogen and oxygen atoms in total. The summed E-state index contributed by atoms with van der Waals surface area (Å²) in [5, 5.41) is 5.80. The van der Waals surface area contributed by atoms with Gasteiger partial charge in [0.1, 0.15) is 0 Å². The van der Waals surface area contributed by atoms with E-state index in [0.29, 0.717) is 24.2 Å². The molecule has 2 aromatic rings. The highest BCUT2D eigenvalue weighted by Crippen LogP contribution is 2.22. The molecule has 0 atom stereocenters. The van der Waals surface area contributed by atoms with Crippen LogP contribution in [0.4, 0.5) is 5.69 Å². The number of anilines is 1. The normalized spacial score (nSPS) is 13.1. The van der Waals surface area contributed by atoms with Crippen LogP contribution in [0.5, 0.6) is 0 Å². The zero-order valence-electron chi connectivity index (χ0n) is 16.8. The Morgan fingerprint density at radius 3 is 2.39 bits per heavy atom. The minimum absolute atomic E-state index is 0.0426. The molecule has 1 aliphatic rings. The third-order valence-corrected chi connectivity index (χ3v) is 5.05. The lowest BCUT2D eigenvalue weighted by atomic mass is 9.90. The van der Waals surface area contributed by atoms with Gasteiger partial charge in [-0.2, -0.15) is 0 Å². The van der Waals surface area contributed by atoms with Crippen molar-refractivity contribution in [1.29, 1.82) is 0 Å². The summed E-state index contributed by atoms with van der Waals surface area (Å²) in [6.07, 6.45) is 5.12. The number of hydrogen-bond acceptors (Lipinski definition) is 3. The fraction of sp³-hybridized carbons (Fsp3) is 0.391. The molecule has 0 unspecified atom stereocenters. The van der Waals surface area contributed by atoms with Gasteiger partial charge < -0.3 is 15.5 Å². The summed E-state index contributed by atoms with van der Waals surface area (Å²) in [7, 11) is 3.93. The lowest BCUT2D eigenvalue weighted by molar-refractivity contribution is -0.115. The van der Waals surface area contributed by atoms with Gasteiger partial charge in [-0.1, -0.05) is 18.2 Å². The Morgan fingerprint density at radius 1 is 0.964 bits per heavy atom. The molecule has 0 aliphatic heterocycles. The molecular formula is C23H29N3O2. The molecular weight excluding hydrogens is 350 g/mol. The molecule has 2 aromatic carbocycles. The second-order valence-electron chi connectivity index (χ2n) is 7.67. The van der Waals surface area contributed by atoms with Crippen LogP contribution in [0.15, 0.2) is 42.5 Å². The van der Waals surface area contributed by atoms with Crippen LogP contribution in [0, 0.1) is 0 Å². The molecule has 2 amide bonds. The van der Waals surface area contributed by atoms with E-state index in [1.807, 2.05) is 19.0 Å². The Morgan fingerprint density at radius 2 is 1.68 bits per heavy atom. The van der Waals surface area contributed by atoms with Crippen molar-refractivity contribution in [3.05, 3.63) is 64.7 Å². The Kier molecular flexibility index (Phi) is 6.82. The summed E-state index contributed by atoms with van der Waals surface area (Å²) in [6, 6.07) is 13.4. The van der Waals surface area contributed by atoms with Crippen molar-refractivity contribution in [1.82, 2.24) is 10.2 Å². The summed E-state index contributed by atoms with van der Waals surface area (Å²) in [5.41, 5.74) is 5.16. The number of nitrogens with one attached hydrogen (secondary N) is 2. The standard InChI is InChI=1S/C23H29N3O2/c1-26(2)14-13-24-23(28)19-9-11-21(12-10-19)25-22(27)16-17-7-8-18-5-3-4-6-20(18)15-17/h7-12,15H,3-6,13-14,16H2,1-2H3,(H,24,28)(H,25,27). The van der Waals surface area contributed by atoms with E-state index in [4.69, 9.17) is 0 Å². The quantitative estimate of drug-likeness (QED) is 0.777. The van der Waals surface area contributed by atoms with Gasteiger partial charge in [-0.15, -0.1) is 0 Å². The smallest absolute Gasteiger partial charge is 0.251 e. The lowest BCUT2D eigenvalue weighted by Gasteiger charge is -2.16. The Hall–Kier alpha value is -2.66. The predicted molar refractivity (Wildman–Crippen MR) is 113 cm³/mol. The fourth-order valence-electron chi connectivity index (χ4n) is 3.49. The van der Waals surface area contributed by atoms with E-state index in [0.717, 1.165) is 24.9 Å². The van der Waals surface area contributed by atoms with Crippen molar-refractivity contribution < 1.29 is 9.59 Å². The molecule has 1 aliphatic carbocycles. The van der Waals surface area contributed by atoms with Crippen LogP contribution in [0.3, 0.4) is 0 Å². The molecule has 0 aromatic heterocycles. The first kappa shape index (κ1) is 20.1. The molecule has 0 saturated carbocycles. The van der Waals surface area contributed by atoms with Crippen LogP contribution in [0.1, 0.15) is 39.9 Å². The largest absolute Gasteiger partial charge is 0.351 e.